The van der Waals surface area contributed by atoms with Crippen LogP contribution < -0.4 is 5.32 Å². The first-order valence-corrected chi connectivity index (χ1v) is 7.14. The van der Waals surface area contributed by atoms with Gasteiger partial charge in [-0.15, -0.1) is 0 Å². The van der Waals surface area contributed by atoms with Crippen molar-refractivity contribution in [1.29, 1.82) is 0 Å². The molecule has 0 unspecified atom stereocenters. The first-order chi connectivity index (χ1) is 9.63. The molecule has 0 saturated heterocycles. The molecule has 0 spiro atoms. The fourth-order valence-electron chi connectivity index (χ4n) is 2.59. The van der Waals surface area contributed by atoms with Crippen molar-refractivity contribution in [2.45, 2.75) is 44.1 Å². The average molecular weight is 278 g/mol. The van der Waals surface area contributed by atoms with E-state index in [1.165, 1.54) is 20.0 Å². The zero-order valence-corrected chi connectivity index (χ0v) is 11.9. The van der Waals surface area contributed by atoms with E-state index < -0.39 is 11.6 Å². The van der Waals surface area contributed by atoms with Gasteiger partial charge in [0, 0.05) is 18.4 Å². The zero-order valence-electron chi connectivity index (χ0n) is 11.9. The number of pyridine rings is 1. The summed E-state index contributed by atoms with van der Waals surface area (Å²) in [6, 6.07) is 3.43. The summed E-state index contributed by atoms with van der Waals surface area (Å²) < 4.78 is 4.64. The second kappa shape index (κ2) is 6.70. The monoisotopic (exact) mass is 278 g/mol. The Bertz CT molecular complexity index is 454. The molecular formula is C15H22N2O3. The second-order valence-electron chi connectivity index (χ2n) is 5.41. The molecule has 0 amide bonds. The van der Waals surface area contributed by atoms with Crippen molar-refractivity contribution >= 4 is 11.7 Å². The van der Waals surface area contributed by atoms with Gasteiger partial charge in [0.15, 0.2) is 0 Å². The van der Waals surface area contributed by atoms with Gasteiger partial charge in [0.2, 0.25) is 0 Å². The lowest BCUT2D eigenvalue weighted by Gasteiger charge is -2.27. The van der Waals surface area contributed by atoms with Gasteiger partial charge >= 0.3 is 5.97 Å². The number of ether oxygens (including phenoxy) is 1. The average Bonchev–Trinajstić information content (AvgIpc) is 2.70. The fraction of sp³-hybridized carbons (Fsp3) is 0.600. The Kier molecular flexibility index (Phi) is 4.95. The van der Waals surface area contributed by atoms with E-state index >= 15 is 0 Å². The van der Waals surface area contributed by atoms with Crippen molar-refractivity contribution in [1.82, 2.24) is 4.98 Å². The molecule has 5 nitrogen and oxygen atoms in total. The molecule has 0 aliphatic heterocycles. The highest BCUT2D eigenvalue weighted by Gasteiger charge is 2.27. The van der Waals surface area contributed by atoms with Gasteiger partial charge in [-0.2, -0.15) is 0 Å². The molecule has 1 aliphatic carbocycles. The molecule has 1 aromatic rings. The summed E-state index contributed by atoms with van der Waals surface area (Å²) in [4.78, 5) is 15.4. The Hall–Kier alpha value is -1.62. The van der Waals surface area contributed by atoms with Crippen LogP contribution >= 0.6 is 0 Å². The topological polar surface area (TPSA) is 71.5 Å². The molecule has 1 aromatic heterocycles. The fourth-order valence-corrected chi connectivity index (χ4v) is 2.59. The van der Waals surface area contributed by atoms with Crippen molar-refractivity contribution < 1.29 is 14.6 Å². The van der Waals surface area contributed by atoms with Crippen LogP contribution in [0.2, 0.25) is 0 Å². The second-order valence-corrected chi connectivity index (χ2v) is 5.41. The summed E-state index contributed by atoms with van der Waals surface area (Å²) in [5.41, 5.74) is 0.397. The third-order valence-corrected chi connectivity index (χ3v) is 3.81. The largest absolute Gasteiger partial charge is 0.464 e. The molecule has 1 fully saturated rings. The summed E-state index contributed by atoms with van der Waals surface area (Å²) in [6.45, 7) is 0.498. The summed E-state index contributed by atoms with van der Waals surface area (Å²) in [7, 11) is 1.33. The van der Waals surface area contributed by atoms with E-state index in [4.69, 9.17) is 0 Å². The van der Waals surface area contributed by atoms with Crippen molar-refractivity contribution in [2.75, 3.05) is 19.0 Å². The number of rotatable bonds is 4. The van der Waals surface area contributed by atoms with Gasteiger partial charge < -0.3 is 15.2 Å². The Labute approximate surface area is 119 Å². The number of carbonyl (C=O) groups is 1. The maximum Gasteiger partial charge on any atom is 0.356 e. The number of hydrogen-bond acceptors (Lipinski definition) is 5. The van der Waals surface area contributed by atoms with Crippen LogP contribution in [0.4, 0.5) is 5.69 Å². The maximum atomic E-state index is 11.4. The number of hydrogen-bond donors (Lipinski definition) is 2. The lowest BCUT2D eigenvalue weighted by Crippen LogP contribution is -2.36. The molecule has 0 aromatic carbocycles. The Morgan fingerprint density at radius 2 is 2.10 bits per heavy atom. The lowest BCUT2D eigenvalue weighted by atomic mass is 9.94. The Morgan fingerprint density at radius 1 is 1.40 bits per heavy atom. The molecule has 5 heteroatoms. The zero-order chi connectivity index (χ0) is 14.4. The molecule has 1 heterocycles. The number of anilines is 1. The number of nitrogens with one attached hydrogen (secondary N) is 1. The third kappa shape index (κ3) is 3.93. The van der Waals surface area contributed by atoms with Crippen LogP contribution in [0.5, 0.6) is 0 Å². The van der Waals surface area contributed by atoms with Crippen LogP contribution in [0.1, 0.15) is 49.0 Å². The Morgan fingerprint density at radius 3 is 2.75 bits per heavy atom. The number of methoxy groups -OCH3 is 1. The number of carbonyl (C=O) groups excluding carboxylic acids is 1. The van der Waals surface area contributed by atoms with Crippen molar-refractivity contribution in [3.05, 3.63) is 24.0 Å². The molecule has 20 heavy (non-hydrogen) atoms. The van der Waals surface area contributed by atoms with Gasteiger partial charge in [-0.3, -0.25) is 0 Å². The first kappa shape index (κ1) is 14.8. The van der Waals surface area contributed by atoms with Crippen LogP contribution in [-0.4, -0.2) is 35.3 Å². The predicted octanol–water partition coefficient (Wildman–Crippen LogP) is 2.37. The minimum absolute atomic E-state index is 0.269. The van der Waals surface area contributed by atoms with Gasteiger partial charge in [0.05, 0.1) is 12.7 Å². The minimum Gasteiger partial charge on any atom is -0.464 e. The smallest absolute Gasteiger partial charge is 0.356 e. The molecule has 0 radical (unpaired) electrons. The predicted molar refractivity (Wildman–Crippen MR) is 76.7 cm³/mol. The molecule has 2 rings (SSSR count). The standard InChI is InChI=1S/C15H22N2O3/c1-20-14(18)13-10-12(6-9-16-13)17-11-15(19)7-4-2-3-5-8-15/h6,9-10,19H,2-5,7-8,11H2,1H3,(H,16,17). The number of aromatic nitrogens is 1. The Balaban J connectivity index is 1.97. The molecule has 0 atom stereocenters. The summed E-state index contributed by atoms with van der Waals surface area (Å²) >= 11 is 0. The van der Waals surface area contributed by atoms with Gasteiger partial charge in [-0.25, -0.2) is 9.78 Å². The van der Waals surface area contributed by atoms with Crippen LogP contribution in [0.15, 0.2) is 18.3 Å². The van der Waals surface area contributed by atoms with Crippen LogP contribution in [0.25, 0.3) is 0 Å². The van der Waals surface area contributed by atoms with E-state index in [0.717, 1.165) is 31.4 Å². The quantitative estimate of drug-likeness (QED) is 0.653. The van der Waals surface area contributed by atoms with Gasteiger partial charge in [-0.1, -0.05) is 25.7 Å². The normalized spacial score (nSPS) is 18.1. The van der Waals surface area contributed by atoms with Crippen molar-refractivity contribution in [3.63, 3.8) is 0 Å². The van der Waals surface area contributed by atoms with E-state index in [1.54, 1.807) is 18.3 Å². The van der Waals surface area contributed by atoms with E-state index in [0.29, 0.717) is 6.54 Å². The van der Waals surface area contributed by atoms with Gasteiger partial charge in [0.25, 0.3) is 0 Å². The highest BCUT2D eigenvalue weighted by Crippen LogP contribution is 2.27. The summed E-state index contributed by atoms with van der Waals surface area (Å²) in [5, 5.41) is 13.8. The molecule has 0 bridgehead atoms. The van der Waals surface area contributed by atoms with E-state index in [1.807, 2.05) is 0 Å². The third-order valence-electron chi connectivity index (χ3n) is 3.81. The summed E-state index contributed by atoms with van der Waals surface area (Å²) in [5.74, 6) is -0.457. The SMILES string of the molecule is COC(=O)c1cc(NCC2(O)CCCCCC2)ccn1. The highest BCUT2D eigenvalue weighted by molar-refractivity contribution is 5.88. The highest BCUT2D eigenvalue weighted by atomic mass is 16.5. The number of nitrogens with zero attached hydrogens (tertiary/aromatic N) is 1. The van der Waals surface area contributed by atoms with Crippen molar-refractivity contribution in [3.8, 4) is 0 Å². The molecule has 1 aliphatic rings. The van der Waals surface area contributed by atoms with Crippen LogP contribution in [0.3, 0.4) is 0 Å². The molecular weight excluding hydrogens is 256 g/mol. The van der Waals surface area contributed by atoms with Crippen molar-refractivity contribution in [2.24, 2.45) is 0 Å². The maximum absolute atomic E-state index is 11.4. The number of aliphatic hydroxyl groups is 1. The van der Waals surface area contributed by atoms with Gasteiger partial charge in [-0.05, 0) is 25.0 Å². The van der Waals surface area contributed by atoms with Crippen LogP contribution in [-0.2, 0) is 4.74 Å². The number of esters is 1. The van der Waals surface area contributed by atoms with Gasteiger partial charge in [0.1, 0.15) is 5.69 Å². The van der Waals surface area contributed by atoms with E-state index in [9.17, 15) is 9.90 Å². The lowest BCUT2D eigenvalue weighted by molar-refractivity contribution is 0.0381. The molecule has 2 N–H and O–H groups in total. The minimum atomic E-state index is -0.648. The summed E-state index contributed by atoms with van der Waals surface area (Å²) in [6.07, 6.45) is 7.76. The van der Waals surface area contributed by atoms with E-state index in [-0.39, 0.29) is 5.69 Å². The first-order valence-electron chi connectivity index (χ1n) is 7.14. The van der Waals surface area contributed by atoms with Crippen LogP contribution in [0, 0.1) is 0 Å². The molecule has 1 saturated carbocycles. The van der Waals surface area contributed by atoms with E-state index in [2.05, 4.69) is 15.0 Å². The molecule has 110 valence electrons.